The van der Waals surface area contributed by atoms with E-state index >= 15 is 0 Å². The highest BCUT2D eigenvalue weighted by molar-refractivity contribution is 8.00. The Morgan fingerprint density at radius 1 is 0.875 bits per heavy atom. The first-order valence-electron chi connectivity index (χ1n) is 9.78. The zero-order chi connectivity index (χ0) is 22.7. The lowest BCUT2D eigenvalue weighted by Crippen LogP contribution is -2.15. The summed E-state index contributed by atoms with van der Waals surface area (Å²) in [6.07, 6.45) is 1.12. The van der Waals surface area contributed by atoms with Gasteiger partial charge in [-0.05, 0) is 73.0 Å². The molecule has 0 unspecified atom stereocenters. The van der Waals surface area contributed by atoms with E-state index in [1.54, 1.807) is 66.5 Å². The molecule has 164 valence electrons. The first kappa shape index (κ1) is 22.8. The van der Waals surface area contributed by atoms with E-state index in [0.717, 1.165) is 24.4 Å². The Morgan fingerprint density at radius 2 is 1.72 bits per heavy atom. The largest absolute Gasteiger partial charge is 0.322 e. The minimum absolute atomic E-state index is 0.337. The van der Waals surface area contributed by atoms with Gasteiger partial charge in [0.05, 0.1) is 21.3 Å². The van der Waals surface area contributed by atoms with Crippen LogP contribution in [0.25, 0.3) is 0 Å². The number of benzene rings is 3. The van der Waals surface area contributed by atoms with Crippen molar-refractivity contribution in [2.75, 3.05) is 27.2 Å². The Labute approximate surface area is 205 Å². The summed E-state index contributed by atoms with van der Waals surface area (Å²) in [4.78, 5) is 25.3. The number of hydrogen-bond acceptors (Lipinski definition) is 4. The summed E-state index contributed by atoms with van der Waals surface area (Å²) >= 11 is 20.3. The topological polar surface area (TPSA) is 61.4 Å². The third-order valence-electron chi connectivity index (χ3n) is 4.80. The molecular weight excluding hydrogens is 489 g/mol. The van der Waals surface area contributed by atoms with Gasteiger partial charge in [0.25, 0.3) is 11.8 Å². The molecule has 3 aromatic carbocycles. The van der Waals surface area contributed by atoms with Crippen LogP contribution in [0.2, 0.25) is 15.1 Å². The SMILES string of the molecule is O=C(Nc1cc(NC(=O)c2ccc(N3CCCS3)cc2Cl)ccc1Cl)c1cccc(Cl)c1. The molecule has 32 heavy (non-hydrogen) atoms. The van der Waals surface area contributed by atoms with Crippen molar-refractivity contribution in [3.63, 3.8) is 0 Å². The standard InChI is InChI=1S/C23H18Cl3N3O2S/c24-15-4-1-3-14(11-15)22(30)28-21-12-16(5-8-19(21)25)27-23(31)18-7-6-17(13-20(18)26)29-9-2-10-32-29/h1,3-8,11-13H,2,9-10H2,(H,27,31)(H,28,30). The molecular formula is C23H18Cl3N3O2S. The van der Waals surface area contributed by atoms with Gasteiger partial charge in [-0.15, -0.1) is 0 Å². The molecule has 1 aliphatic rings. The molecule has 2 N–H and O–H groups in total. The maximum atomic E-state index is 12.8. The molecule has 9 heteroatoms. The van der Waals surface area contributed by atoms with Crippen molar-refractivity contribution in [1.29, 1.82) is 0 Å². The Kier molecular flexibility index (Phi) is 7.16. The average Bonchev–Trinajstić information content (AvgIpc) is 3.31. The molecule has 0 radical (unpaired) electrons. The van der Waals surface area contributed by atoms with E-state index in [1.807, 2.05) is 6.07 Å². The van der Waals surface area contributed by atoms with Gasteiger partial charge in [-0.25, -0.2) is 0 Å². The molecule has 0 aliphatic carbocycles. The minimum Gasteiger partial charge on any atom is -0.322 e. The van der Waals surface area contributed by atoms with Crippen molar-refractivity contribution in [1.82, 2.24) is 0 Å². The molecule has 0 saturated carbocycles. The van der Waals surface area contributed by atoms with Crippen molar-refractivity contribution in [3.8, 4) is 0 Å². The molecule has 0 spiro atoms. The molecule has 0 atom stereocenters. The van der Waals surface area contributed by atoms with E-state index in [1.165, 1.54) is 0 Å². The maximum Gasteiger partial charge on any atom is 0.257 e. The quantitative estimate of drug-likeness (QED) is 0.365. The molecule has 1 aliphatic heterocycles. The van der Waals surface area contributed by atoms with Gasteiger partial charge < -0.3 is 14.9 Å². The van der Waals surface area contributed by atoms with Crippen molar-refractivity contribution in [2.24, 2.45) is 0 Å². The van der Waals surface area contributed by atoms with Crippen molar-refractivity contribution < 1.29 is 9.59 Å². The highest BCUT2D eigenvalue weighted by Crippen LogP contribution is 2.32. The highest BCUT2D eigenvalue weighted by atomic mass is 35.5. The van der Waals surface area contributed by atoms with E-state index < -0.39 is 0 Å². The summed E-state index contributed by atoms with van der Waals surface area (Å²) in [5.74, 6) is 0.355. The van der Waals surface area contributed by atoms with E-state index in [4.69, 9.17) is 34.8 Å². The molecule has 1 fully saturated rings. The molecule has 0 aromatic heterocycles. The number of carbonyl (C=O) groups is 2. The minimum atomic E-state index is -0.365. The monoisotopic (exact) mass is 505 g/mol. The van der Waals surface area contributed by atoms with Crippen LogP contribution in [0.4, 0.5) is 17.1 Å². The Hall–Kier alpha value is -2.38. The second-order valence-corrected chi connectivity index (χ2v) is 9.42. The van der Waals surface area contributed by atoms with E-state index in [-0.39, 0.29) is 11.8 Å². The lowest BCUT2D eigenvalue weighted by molar-refractivity contribution is 0.101. The number of amides is 2. The molecule has 1 saturated heterocycles. The van der Waals surface area contributed by atoms with Gasteiger partial charge in [-0.3, -0.25) is 9.59 Å². The lowest BCUT2D eigenvalue weighted by atomic mass is 10.1. The highest BCUT2D eigenvalue weighted by Gasteiger charge is 2.17. The van der Waals surface area contributed by atoms with E-state index in [0.29, 0.717) is 37.6 Å². The summed E-state index contributed by atoms with van der Waals surface area (Å²) in [5, 5.41) is 6.71. The van der Waals surface area contributed by atoms with E-state index in [9.17, 15) is 9.59 Å². The van der Waals surface area contributed by atoms with Crippen LogP contribution in [0, 0.1) is 0 Å². The van der Waals surface area contributed by atoms with Crippen LogP contribution in [0.3, 0.4) is 0 Å². The van der Waals surface area contributed by atoms with Crippen molar-refractivity contribution >= 4 is 75.6 Å². The summed E-state index contributed by atoms with van der Waals surface area (Å²) in [5.41, 5.74) is 2.56. The smallest absolute Gasteiger partial charge is 0.257 e. The zero-order valence-electron chi connectivity index (χ0n) is 16.7. The van der Waals surface area contributed by atoms with Gasteiger partial charge in [0.2, 0.25) is 0 Å². The fourth-order valence-electron chi connectivity index (χ4n) is 3.22. The third kappa shape index (κ3) is 5.33. The summed E-state index contributed by atoms with van der Waals surface area (Å²) in [6.45, 7) is 0.959. The first-order chi connectivity index (χ1) is 15.4. The van der Waals surface area contributed by atoms with Crippen molar-refractivity contribution in [2.45, 2.75) is 6.42 Å². The first-order valence-corrected chi connectivity index (χ1v) is 11.9. The van der Waals surface area contributed by atoms with Gasteiger partial charge >= 0.3 is 0 Å². The van der Waals surface area contributed by atoms with E-state index in [2.05, 4.69) is 14.9 Å². The lowest BCUT2D eigenvalue weighted by Gasteiger charge is -2.17. The predicted molar refractivity (Wildman–Crippen MR) is 135 cm³/mol. The maximum absolute atomic E-state index is 12.8. The number of nitrogens with zero attached hydrogens (tertiary/aromatic N) is 1. The predicted octanol–water partition coefficient (Wildman–Crippen LogP) is 7.01. The number of halogens is 3. The van der Waals surface area contributed by atoms with Gasteiger partial charge in [0.15, 0.2) is 0 Å². The molecule has 0 bridgehead atoms. The van der Waals surface area contributed by atoms with Crippen LogP contribution in [0.5, 0.6) is 0 Å². The zero-order valence-corrected chi connectivity index (χ0v) is 19.8. The average molecular weight is 507 g/mol. The van der Waals surface area contributed by atoms with Crippen molar-refractivity contribution in [3.05, 3.63) is 86.9 Å². The fourth-order valence-corrected chi connectivity index (χ4v) is 4.83. The molecule has 4 rings (SSSR count). The normalized spacial score (nSPS) is 13.2. The Morgan fingerprint density at radius 3 is 2.44 bits per heavy atom. The summed E-state index contributed by atoms with van der Waals surface area (Å²) in [6, 6.07) is 16.8. The molecule has 3 aromatic rings. The summed E-state index contributed by atoms with van der Waals surface area (Å²) < 4.78 is 2.17. The molecule has 2 amide bonds. The fraction of sp³-hybridized carbons (Fsp3) is 0.130. The van der Waals surface area contributed by atoms with Gasteiger partial charge in [-0.1, -0.05) is 40.9 Å². The van der Waals surface area contributed by atoms with Gasteiger partial charge in [-0.2, -0.15) is 0 Å². The van der Waals surface area contributed by atoms with Crippen LogP contribution in [0.15, 0.2) is 60.7 Å². The number of carbonyl (C=O) groups excluding carboxylic acids is 2. The van der Waals surface area contributed by atoms with Crippen LogP contribution in [0.1, 0.15) is 27.1 Å². The molecule has 5 nitrogen and oxygen atoms in total. The Bertz CT molecular complexity index is 1180. The number of hydrogen-bond donors (Lipinski definition) is 2. The van der Waals surface area contributed by atoms with Gasteiger partial charge in [0.1, 0.15) is 0 Å². The number of nitrogens with one attached hydrogen (secondary N) is 2. The number of rotatable bonds is 5. The number of anilines is 3. The summed E-state index contributed by atoms with van der Waals surface area (Å²) in [7, 11) is 0. The second-order valence-electron chi connectivity index (χ2n) is 7.07. The molecule has 1 heterocycles. The third-order valence-corrected chi connectivity index (χ3v) is 6.85. The van der Waals surface area contributed by atoms with Crippen LogP contribution in [-0.4, -0.2) is 24.1 Å². The van der Waals surface area contributed by atoms with Gasteiger partial charge in [0, 0.05) is 34.3 Å². The van der Waals surface area contributed by atoms with Crippen LogP contribution in [-0.2, 0) is 0 Å². The Balaban J connectivity index is 1.48. The second kappa shape index (κ2) is 10.0. The van der Waals surface area contributed by atoms with Crippen LogP contribution >= 0.6 is 46.8 Å². The van der Waals surface area contributed by atoms with Crippen LogP contribution < -0.4 is 14.9 Å².